The lowest BCUT2D eigenvalue weighted by molar-refractivity contribution is 0.110. The molecule has 0 amide bonds. The van der Waals surface area contributed by atoms with Crippen molar-refractivity contribution in [2.45, 2.75) is 51.6 Å². The van der Waals surface area contributed by atoms with Crippen molar-refractivity contribution in [3.63, 3.8) is 0 Å². The van der Waals surface area contributed by atoms with Crippen molar-refractivity contribution in [1.29, 1.82) is 0 Å². The van der Waals surface area contributed by atoms with Gasteiger partial charge in [-0.2, -0.15) is 0 Å². The van der Waals surface area contributed by atoms with E-state index in [0.717, 1.165) is 24.0 Å². The third-order valence-electron chi connectivity index (χ3n) is 4.52. The molecular formula is C17H23N3O. The Hall–Kier alpha value is -1.68. The van der Waals surface area contributed by atoms with E-state index in [0.29, 0.717) is 17.6 Å². The molecule has 4 heteroatoms. The first kappa shape index (κ1) is 14.3. The highest BCUT2D eigenvalue weighted by atomic mass is 16.1. The predicted molar refractivity (Wildman–Crippen MR) is 83.8 cm³/mol. The summed E-state index contributed by atoms with van der Waals surface area (Å²) in [5.41, 5.74) is 1.71. The van der Waals surface area contributed by atoms with Gasteiger partial charge in [0.05, 0.1) is 11.7 Å². The minimum atomic E-state index is 0.579. The first-order chi connectivity index (χ1) is 10.2. The van der Waals surface area contributed by atoms with Crippen molar-refractivity contribution >= 4 is 11.8 Å². The van der Waals surface area contributed by atoms with Gasteiger partial charge in [-0.25, -0.2) is 4.98 Å². The molecule has 1 aliphatic heterocycles. The van der Waals surface area contributed by atoms with Gasteiger partial charge in [-0.05, 0) is 45.4 Å². The van der Waals surface area contributed by atoms with Crippen LogP contribution < -0.4 is 0 Å². The van der Waals surface area contributed by atoms with Gasteiger partial charge < -0.3 is 4.40 Å². The third-order valence-corrected chi connectivity index (χ3v) is 4.52. The molecule has 1 fully saturated rings. The fraction of sp³-hybridized carbons (Fsp3) is 0.529. The summed E-state index contributed by atoms with van der Waals surface area (Å²) in [5, 5.41) is 0. The normalized spacial score (nSPS) is 20.2. The molecule has 1 aliphatic rings. The molecule has 0 saturated carbocycles. The van der Waals surface area contributed by atoms with Crippen LogP contribution in [0.4, 0.5) is 0 Å². The second-order valence-electron chi connectivity index (χ2n) is 6.23. The van der Waals surface area contributed by atoms with Crippen molar-refractivity contribution in [1.82, 2.24) is 14.3 Å². The number of hydrogen-bond acceptors (Lipinski definition) is 3. The highest BCUT2D eigenvalue weighted by Gasteiger charge is 2.25. The maximum absolute atomic E-state index is 10.9. The van der Waals surface area contributed by atoms with Gasteiger partial charge in [-0.1, -0.05) is 6.42 Å². The highest BCUT2D eigenvalue weighted by molar-refractivity contribution is 5.77. The van der Waals surface area contributed by atoms with Gasteiger partial charge in [0.15, 0.2) is 0 Å². The molecule has 0 N–H and O–H groups in total. The van der Waals surface area contributed by atoms with Crippen LogP contribution in [0.25, 0.3) is 5.52 Å². The summed E-state index contributed by atoms with van der Waals surface area (Å²) < 4.78 is 2.11. The van der Waals surface area contributed by atoms with Gasteiger partial charge >= 0.3 is 0 Å². The number of pyridine rings is 1. The first-order valence-electron chi connectivity index (χ1n) is 7.86. The SMILES string of the molecule is CC(C)N1CCCCC1Cc1ncc2cc(C=O)ccn12. The quantitative estimate of drug-likeness (QED) is 0.811. The van der Waals surface area contributed by atoms with Crippen LogP contribution in [0.2, 0.25) is 0 Å². The number of aldehydes is 1. The van der Waals surface area contributed by atoms with Crippen LogP contribution in [-0.4, -0.2) is 39.2 Å². The lowest BCUT2D eigenvalue weighted by Gasteiger charge is -2.38. The Bertz CT molecular complexity index is 632. The van der Waals surface area contributed by atoms with E-state index in [1.54, 1.807) is 0 Å². The Labute approximate surface area is 125 Å². The molecule has 0 radical (unpaired) electrons. The summed E-state index contributed by atoms with van der Waals surface area (Å²) in [6.45, 7) is 5.75. The molecule has 1 unspecified atom stereocenters. The maximum atomic E-state index is 10.9. The Morgan fingerprint density at radius 1 is 1.43 bits per heavy atom. The fourth-order valence-electron chi connectivity index (χ4n) is 3.43. The smallest absolute Gasteiger partial charge is 0.150 e. The zero-order valence-corrected chi connectivity index (χ0v) is 12.8. The number of piperidine rings is 1. The Balaban J connectivity index is 1.85. The van der Waals surface area contributed by atoms with E-state index in [4.69, 9.17) is 0 Å². The van der Waals surface area contributed by atoms with Crippen LogP contribution in [0.15, 0.2) is 24.5 Å². The number of nitrogens with zero attached hydrogens (tertiary/aromatic N) is 3. The minimum Gasteiger partial charge on any atom is -0.304 e. The maximum Gasteiger partial charge on any atom is 0.150 e. The number of hydrogen-bond donors (Lipinski definition) is 0. The molecule has 0 aromatic carbocycles. The standard InChI is InChI=1S/C17H23N3O/c1-13(2)19-7-4-3-5-15(19)10-17-18-11-16-9-14(12-21)6-8-20(16)17/h6,8-9,11-13,15H,3-5,7,10H2,1-2H3. The van der Waals surface area contributed by atoms with Crippen LogP contribution >= 0.6 is 0 Å². The number of likely N-dealkylation sites (tertiary alicyclic amines) is 1. The van der Waals surface area contributed by atoms with Crippen molar-refractivity contribution in [2.75, 3.05) is 6.54 Å². The van der Waals surface area contributed by atoms with Crippen molar-refractivity contribution in [2.24, 2.45) is 0 Å². The van der Waals surface area contributed by atoms with Gasteiger partial charge in [0.2, 0.25) is 0 Å². The summed E-state index contributed by atoms with van der Waals surface area (Å²) in [6, 6.07) is 4.91. The zero-order valence-electron chi connectivity index (χ0n) is 12.8. The summed E-state index contributed by atoms with van der Waals surface area (Å²) in [5.74, 6) is 1.10. The average molecular weight is 285 g/mol. The zero-order chi connectivity index (χ0) is 14.8. The Kier molecular flexibility index (Phi) is 4.06. The van der Waals surface area contributed by atoms with Crippen LogP contribution in [0, 0.1) is 0 Å². The van der Waals surface area contributed by atoms with Gasteiger partial charge in [-0.15, -0.1) is 0 Å². The molecule has 3 heterocycles. The molecule has 1 saturated heterocycles. The highest BCUT2D eigenvalue weighted by Crippen LogP contribution is 2.23. The molecule has 112 valence electrons. The number of fused-ring (bicyclic) bond motifs is 1. The van der Waals surface area contributed by atoms with Crippen LogP contribution in [0.3, 0.4) is 0 Å². The molecule has 2 aromatic heterocycles. The van der Waals surface area contributed by atoms with Gasteiger partial charge in [-0.3, -0.25) is 9.69 Å². The second kappa shape index (κ2) is 5.98. The molecular weight excluding hydrogens is 262 g/mol. The molecule has 1 atom stereocenters. The lowest BCUT2D eigenvalue weighted by Crippen LogP contribution is -2.45. The second-order valence-corrected chi connectivity index (χ2v) is 6.23. The fourth-order valence-corrected chi connectivity index (χ4v) is 3.43. The van der Waals surface area contributed by atoms with E-state index in [-0.39, 0.29) is 0 Å². The summed E-state index contributed by atoms with van der Waals surface area (Å²) in [4.78, 5) is 18.0. The number of imidazole rings is 1. The van der Waals surface area contributed by atoms with Gasteiger partial charge in [0, 0.05) is 30.3 Å². The third kappa shape index (κ3) is 2.86. The van der Waals surface area contributed by atoms with E-state index in [9.17, 15) is 4.79 Å². The lowest BCUT2D eigenvalue weighted by atomic mass is 9.97. The number of carbonyl (C=O) groups excluding carboxylic acids is 1. The van der Waals surface area contributed by atoms with Crippen LogP contribution in [-0.2, 0) is 6.42 Å². The summed E-state index contributed by atoms with van der Waals surface area (Å²) >= 11 is 0. The van der Waals surface area contributed by atoms with Crippen molar-refractivity contribution in [3.8, 4) is 0 Å². The summed E-state index contributed by atoms with van der Waals surface area (Å²) in [7, 11) is 0. The van der Waals surface area contributed by atoms with E-state index in [1.165, 1.54) is 25.8 Å². The van der Waals surface area contributed by atoms with E-state index in [1.807, 2.05) is 24.5 Å². The minimum absolute atomic E-state index is 0.579. The topological polar surface area (TPSA) is 37.6 Å². The molecule has 2 aromatic rings. The Morgan fingerprint density at radius 2 is 2.29 bits per heavy atom. The number of aromatic nitrogens is 2. The molecule has 3 rings (SSSR count). The van der Waals surface area contributed by atoms with E-state index in [2.05, 4.69) is 28.1 Å². The van der Waals surface area contributed by atoms with Gasteiger partial charge in [0.1, 0.15) is 12.1 Å². The summed E-state index contributed by atoms with van der Waals surface area (Å²) in [6.07, 6.45) is 9.56. The van der Waals surface area contributed by atoms with Gasteiger partial charge in [0.25, 0.3) is 0 Å². The number of carbonyl (C=O) groups is 1. The van der Waals surface area contributed by atoms with Crippen LogP contribution in [0.1, 0.15) is 49.3 Å². The Morgan fingerprint density at radius 3 is 3.05 bits per heavy atom. The monoisotopic (exact) mass is 285 g/mol. The molecule has 4 nitrogen and oxygen atoms in total. The molecule has 21 heavy (non-hydrogen) atoms. The van der Waals surface area contributed by atoms with Crippen molar-refractivity contribution in [3.05, 3.63) is 35.9 Å². The predicted octanol–water partition coefficient (Wildman–Crippen LogP) is 2.95. The first-order valence-corrected chi connectivity index (χ1v) is 7.86. The molecule has 0 bridgehead atoms. The largest absolute Gasteiger partial charge is 0.304 e. The molecule has 0 aliphatic carbocycles. The van der Waals surface area contributed by atoms with E-state index < -0.39 is 0 Å². The number of rotatable bonds is 4. The van der Waals surface area contributed by atoms with E-state index >= 15 is 0 Å². The molecule has 0 spiro atoms. The van der Waals surface area contributed by atoms with Crippen LogP contribution in [0.5, 0.6) is 0 Å². The average Bonchev–Trinajstić information content (AvgIpc) is 2.90. The van der Waals surface area contributed by atoms with Crippen molar-refractivity contribution < 1.29 is 4.79 Å².